The number of nitrogens with zero attached hydrogens (tertiary/aromatic N) is 3. The van der Waals surface area contributed by atoms with E-state index >= 15 is 0 Å². The Kier molecular flexibility index (Phi) is 7.12. The molecule has 0 saturated heterocycles. The number of carbonyl (C=O) groups is 1. The maximum absolute atomic E-state index is 13.8. The molecule has 0 spiro atoms. The van der Waals surface area contributed by atoms with E-state index in [1.807, 2.05) is 18.2 Å². The van der Waals surface area contributed by atoms with Gasteiger partial charge in [0.1, 0.15) is 11.1 Å². The standard InChI is InChI=1S/C27H20BrN3O6S/c1-34-21-10-15(11-22(35-2)24(21)36-3)14-29-31(27-30-19-9-8-17(28)13-23(19)38-27)25(32)18-12-16-6-4-5-7-20(16)37-26(18)33/h4-14H,1-3H3/b29-14+. The first-order chi connectivity index (χ1) is 18.4. The topological polar surface area (TPSA) is 103 Å². The van der Waals surface area contributed by atoms with Crippen molar-refractivity contribution in [1.82, 2.24) is 4.98 Å². The van der Waals surface area contributed by atoms with Crippen molar-refractivity contribution in [2.75, 3.05) is 26.3 Å². The van der Waals surface area contributed by atoms with Crippen molar-refractivity contribution < 1.29 is 23.4 Å². The average molecular weight is 594 g/mol. The number of para-hydroxylation sites is 1. The summed E-state index contributed by atoms with van der Waals surface area (Å²) >= 11 is 4.71. The number of halogens is 1. The van der Waals surface area contributed by atoms with Crippen LogP contribution >= 0.6 is 27.3 Å². The third-order valence-electron chi connectivity index (χ3n) is 5.59. The van der Waals surface area contributed by atoms with Crippen LogP contribution in [0.5, 0.6) is 17.2 Å². The second kappa shape index (κ2) is 10.6. The van der Waals surface area contributed by atoms with Gasteiger partial charge < -0.3 is 18.6 Å². The molecule has 0 aliphatic carbocycles. The summed E-state index contributed by atoms with van der Waals surface area (Å²) in [5, 5.41) is 6.42. The largest absolute Gasteiger partial charge is 0.493 e. The van der Waals surface area contributed by atoms with Crippen LogP contribution in [0.25, 0.3) is 21.2 Å². The van der Waals surface area contributed by atoms with E-state index in [9.17, 15) is 9.59 Å². The zero-order chi connectivity index (χ0) is 26.8. The number of methoxy groups -OCH3 is 3. The average Bonchev–Trinajstić information content (AvgIpc) is 3.34. The minimum atomic E-state index is -0.773. The molecule has 11 heteroatoms. The van der Waals surface area contributed by atoms with Gasteiger partial charge in [0.25, 0.3) is 5.91 Å². The van der Waals surface area contributed by atoms with E-state index in [1.54, 1.807) is 36.4 Å². The molecule has 5 rings (SSSR count). The summed E-state index contributed by atoms with van der Waals surface area (Å²) in [4.78, 5) is 31.2. The first kappa shape index (κ1) is 25.4. The SMILES string of the molecule is COc1cc(/C=N/N(C(=O)c2cc3ccccc3oc2=O)c2nc3ccc(Br)cc3s2)cc(OC)c1OC. The molecule has 5 aromatic rings. The fourth-order valence-electron chi connectivity index (χ4n) is 3.79. The highest BCUT2D eigenvalue weighted by Gasteiger charge is 2.25. The van der Waals surface area contributed by atoms with Crippen molar-refractivity contribution in [3.8, 4) is 17.2 Å². The Balaban J connectivity index is 1.63. The summed E-state index contributed by atoms with van der Waals surface area (Å²) in [5.41, 5.74) is 0.675. The molecule has 192 valence electrons. The van der Waals surface area contributed by atoms with E-state index in [1.165, 1.54) is 44.9 Å². The summed E-state index contributed by atoms with van der Waals surface area (Å²) in [6.07, 6.45) is 1.45. The number of carbonyl (C=O) groups excluding carboxylic acids is 1. The molecule has 1 amide bonds. The number of hydrogen-bond donors (Lipinski definition) is 0. The van der Waals surface area contributed by atoms with Gasteiger partial charge in [0, 0.05) is 15.4 Å². The van der Waals surface area contributed by atoms with Crippen molar-refractivity contribution in [3.05, 3.63) is 86.7 Å². The predicted molar refractivity (Wildman–Crippen MR) is 150 cm³/mol. The number of fused-ring (bicyclic) bond motifs is 2. The van der Waals surface area contributed by atoms with Crippen LogP contribution in [0.4, 0.5) is 5.13 Å². The molecule has 0 unspecified atom stereocenters. The maximum Gasteiger partial charge on any atom is 0.349 e. The normalized spacial score (nSPS) is 11.3. The molecule has 3 aromatic carbocycles. The number of anilines is 1. The van der Waals surface area contributed by atoms with Gasteiger partial charge in [-0.15, -0.1) is 0 Å². The van der Waals surface area contributed by atoms with Crippen molar-refractivity contribution in [1.29, 1.82) is 0 Å². The van der Waals surface area contributed by atoms with Crippen LogP contribution in [0.15, 0.2) is 79.4 Å². The zero-order valence-electron chi connectivity index (χ0n) is 20.4. The van der Waals surface area contributed by atoms with Gasteiger partial charge in [-0.05, 0) is 42.5 Å². The minimum absolute atomic E-state index is 0.175. The minimum Gasteiger partial charge on any atom is -0.493 e. The molecular formula is C27H20BrN3O6S. The van der Waals surface area contributed by atoms with Gasteiger partial charge in [-0.2, -0.15) is 10.1 Å². The fraction of sp³-hybridized carbons (Fsp3) is 0.111. The van der Waals surface area contributed by atoms with E-state index < -0.39 is 11.5 Å². The summed E-state index contributed by atoms with van der Waals surface area (Å²) in [7, 11) is 4.52. The Morgan fingerprint density at radius 2 is 1.76 bits per heavy atom. The van der Waals surface area contributed by atoms with Gasteiger partial charge in [0.2, 0.25) is 10.9 Å². The lowest BCUT2D eigenvalue weighted by Crippen LogP contribution is -2.30. The third kappa shape index (κ3) is 4.85. The van der Waals surface area contributed by atoms with E-state index in [4.69, 9.17) is 18.6 Å². The van der Waals surface area contributed by atoms with Crippen molar-refractivity contribution >= 4 is 65.7 Å². The van der Waals surface area contributed by atoms with E-state index in [0.717, 1.165) is 14.2 Å². The Morgan fingerprint density at radius 1 is 1.03 bits per heavy atom. The molecule has 9 nitrogen and oxygen atoms in total. The number of amides is 1. The van der Waals surface area contributed by atoms with E-state index in [0.29, 0.717) is 39.3 Å². The highest BCUT2D eigenvalue weighted by atomic mass is 79.9. The smallest absolute Gasteiger partial charge is 0.349 e. The number of rotatable bonds is 7. The van der Waals surface area contributed by atoms with Crippen LogP contribution in [0, 0.1) is 0 Å². The summed E-state index contributed by atoms with van der Waals surface area (Å²) in [5.74, 6) is 0.578. The molecule has 2 heterocycles. The zero-order valence-corrected chi connectivity index (χ0v) is 22.8. The lowest BCUT2D eigenvalue weighted by atomic mass is 10.2. The number of hydrogen-bond acceptors (Lipinski definition) is 9. The van der Waals surface area contributed by atoms with Gasteiger partial charge in [-0.3, -0.25) is 4.79 Å². The lowest BCUT2D eigenvalue weighted by Gasteiger charge is -2.15. The van der Waals surface area contributed by atoms with Crippen molar-refractivity contribution in [2.24, 2.45) is 5.10 Å². The Hall–Kier alpha value is -4.22. The van der Waals surface area contributed by atoms with E-state index in [-0.39, 0.29) is 10.7 Å². The number of benzene rings is 3. The number of hydrazone groups is 1. The molecule has 0 atom stereocenters. The summed E-state index contributed by atoms with van der Waals surface area (Å²) in [6, 6.07) is 17.4. The molecular weight excluding hydrogens is 574 g/mol. The molecule has 0 saturated carbocycles. The van der Waals surface area contributed by atoms with Crippen LogP contribution in [-0.4, -0.2) is 38.4 Å². The molecule has 0 N–H and O–H groups in total. The van der Waals surface area contributed by atoms with Gasteiger partial charge >= 0.3 is 5.63 Å². The maximum atomic E-state index is 13.8. The third-order valence-corrected chi connectivity index (χ3v) is 7.08. The lowest BCUT2D eigenvalue weighted by molar-refractivity contribution is 0.0984. The second-order valence-corrected chi connectivity index (χ2v) is 9.84. The number of ether oxygens (including phenoxy) is 3. The molecule has 2 aromatic heterocycles. The quantitative estimate of drug-likeness (QED) is 0.132. The van der Waals surface area contributed by atoms with E-state index in [2.05, 4.69) is 26.0 Å². The van der Waals surface area contributed by atoms with Crippen LogP contribution in [0.1, 0.15) is 15.9 Å². The van der Waals surface area contributed by atoms with Crippen LogP contribution < -0.4 is 24.8 Å². The fourth-order valence-corrected chi connectivity index (χ4v) is 5.26. The first-order valence-electron chi connectivity index (χ1n) is 11.2. The van der Waals surface area contributed by atoms with Crippen molar-refractivity contribution in [3.63, 3.8) is 0 Å². The number of aromatic nitrogens is 1. The van der Waals surface area contributed by atoms with Gasteiger partial charge in [-0.25, -0.2) is 9.78 Å². The second-order valence-electron chi connectivity index (χ2n) is 7.91. The van der Waals surface area contributed by atoms with Crippen molar-refractivity contribution in [2.45, 2.75) is 0 Å². The van der Waals surface area contributed by atoms with Gasteiger partial charge in [0.05, 0.1) is 37.8 Å². The molecule has 0 aliphatic heterocycles. The number of thiazole rings is 1. The Bertz CT molecular complexity index is 1740. The molecule has 0 radical (unpaired) electrons. The van der Waals surface area contributed by atoms with Gasteiger partial charge in [-0.1, -0.05) is 45.5 Å². The summed E-state index contributed by atoms with van der Waals surface area (Å²) < 4.78 is 23.3. The highest BCUT2D eigenvalue weighted by molar-refractivity contribution is 9.10. The molecule has 0 fully saturated rings. The monoisotopic (exact) mass is 593 g/mol. The van der Waals surface area contributed by atoms with Crippen LogP contribution in [0.3, 0.4) is 0 Å². The summed E-state index contributed by atoms with van der Waals surface area (Å²) in [6.45, 7) is 0. The molecule has 38 heavy (non-hydrogen) atoms. The molecule has 0 bridgehead atoms. The van der Waals surface area contributed by atoms with Gasteiger partial charge in [0.15, 0.2) is 11.5 Å². The predicted octanol–water partition coefficient (Wildman–Crippen LogP) is 5.87. The van der Waals surface area contributed by atoms with Crippen LogP contribution in [0.2, 0.25) is 0 Å². The highest BCUT2D eigenvalue weighted by Crippen LogP contribution is 2.38. The van der Waals surface area contributed by atoms with Crippen LogP contribution in [-0.2, 0) is 0 Å². The Labute approximate surface area is 229 Å². The Morgan fingerprint density at radius 3 is 2.47 bits per heavy atom. The first-order valence-corrected chi connectivity index (χ1v) is 12.8. The molecule has 0 aliphatic rings.